The molecule has 2 rings (SSSR count). The van der Waals surface area contributed by atoms with Gasteiger partial charge < -0.3 is 11.5 Å². The van der Waals surface area contributed by atoms with Crippen molar-refractivity contribution in [1.82, 2.24) is 0 Å². The minimum absolute atomic E-state index is 0.108. The van der Waals surface area contributed by atoms with Gasteiger partial charge in [0, 0.05) is 0 Å². The SMILES string of the molecule is CC1CCCCC(C)C2(C)C(C(N)N)C12. The zero-order valence-corrected chi connectivity index (χ0v) is 10.4. The lowest BCUT2D eigenvalue weighted by Gasteiger charge is -2.26. The van der Waals surface area contributed by atoms with E-state index in [2.05, 4.69) is 20.8 Å². The summed E-state index contributed by atoms with van der Waals surface area (Å²) in [4.78, 5) is 0. The average molecular weight is 210 g/mol. The Kier molecular flexibility index (Phi) is 2.85. The van der Waals surface area contributed by atoms with E-state index < -0.39 is 0 Å². The van der Waals surface area contributed by atoms with Crippen molar-refractivity contribution in [2.24, 2.45) is 40.6 Å². The zero-order valence-electron chi connectivity index (χ0n) is 10.4. The minimum atomic E-state index is -0.108. The third-order valence-electron chi connectivity index (χ3n) is 5.35. The molecule has 0 heterocycles. The van der Waals surface area contributed by atoms with E-state index in [4.69, 9.17) is 11.5 Å². The van der Waals surface area contributed by atoms with Crippen LogP contribution in [-0.4, -0.2) is 6.17 Å². The summed E-state index contributed by atoms with van der Waals surface area (Å²) in [5.74, 6) is 2.97. The predicted molar refractivity (Wildman–Crippen MR) is 64.0 cm³/mol. The lowest BCUT2D eigenvalue weighted by Crippen LogP contribution is -2.36. The molecule has 2 heteroatoms. The number of fused-ring (bicyclic) bond motifs is 1. The topological polar surface area (TPSA) is 52.0 Å². The smallest absolute Gasteiger partial charge is 0.0558 e. The fourth-order valence-electron chi connectivity index (χ4n) is 4.29. The first-order valence-corrected chi connectivity index (χ1v) is 6.50. The summed E-state index contributed by atoms with van der Waals surface area (Å²) in [5, 5.41) is 0. The Morgan fingerprint density at radius 2 is 1.73 bits per heavy atom. The minimum Gasteiger partial charge on any atom is -0.316 e. The maximum absolute atomic E-state index is 5.95. The molecule has 0 amide bonds. The molecule has 2 saturated carbocycles. The van der Waals surface area contributed by atoms with Crippen LogP contribution in [0.5, 0.6) is 0 Å². The van der Waals surface area contributed by atoms with Gasteiger partial charge in [0.15, 0.2) is 0 Å². The zero-order chi connectivity index (χ0) is 11.2. The molecular formula is C13H26N2. The Morgan fingerprint density at radius 3 is 2.33 bits per heavy atom. The number of hydrogen-bond acceptors (Lipinski definition) is 2. The van der Waals surface area contributed by atoms with E-state index in [0.29, 0.717) is 11.3 Å². The van der Waals surface area contributed by atoms with E-state index in [-0.39, 0.29) is 6.17 Å². The predicted octanol–water partition coefficient (Wildman–Crippen LogP) is 2.33. The highest BCUT2D eigenvalue weighted by molar-refractivity contribution is 5.14. The van der Waals surface area contributed by atoms with Crippen molar-refractivity contribution in [2.75, 3.05) is 0 Å². The lowest BCUT2D eigenvalue weighted by atomic mass is 9.79. The highest BCUT2D eigenvalue weighted by atomic mass is 14.9. The monoisotopic (exact) mass is 210 g/mol. The largest absolute Gasteiger partial charge is 0.316 e. The molecule has 0 saturated heterocycles. The van der Waals surface area contributed by atoms with Crippen molar-refractivity contribution >= 4 is 0 Å². The van der Waals surface area contributed by atoms with Crippen LogP contribution in [0.2, 0.25) is 0 Å². The number of hydrogen-bond donors (Lipinski definition) is 2. The second-order valence-electron chi connectivity index (χ2n) is 6.16. The highest BCUT2D eigenvalue weighted by Gasteiger charge is 2.66. The van der Waals surface area contributed by atoms with Gasteiger partial charge in [-0.05, 0) is 29.1 Å². The molecule has 0 aromatic heterocycles. The van der Waals surface area contributed by atoms with Gasteiger partial charge in [-0.1, -0.05) is 46.5 Å². The molecule has 15 heavy (non-hydrogen) atoms. The van der Waals surface area contributed by atoms with Crippen LogP contribution in [0.1, 0.15) is 46.5 Å². The Balaban J connectivity index is 2.19. The molecule has 5 atom stereocenters. The maximum atomic E-state index is 5.95. The first kappa shape index (κ1) is 11.4. The quantitative estimate of drug-likeness (QED) is 0.653. The Morgan fingerprint density at radius 1 is 1.13 bits per heavy atom. The van der Waals surface area contributed by atoms with E-state index in [0.717, 1.165) is 17.8 Å². The van der Waals surface area contributed by atoms with E-state index in [9.17, 15) is 0 Å². The van der Waals surface area contributed by atoms with Crippen LogP contribution in [0.3, 0.4) is 0 Å². The fraction of sp³-hybridized carbons (Fsp3) is 1.00. The van der Waals surface area contributed by atoms with Gasteiger partial charge in [-0.3, -0.25) is 0 Å². The first-order chi connectivity index (χ1) is 6.99. The number of nitrogens with two attached hydrogens (primary N) is 2. The van der Waals surface area contributed by atoms with Crippen molar-refractivity contribution < 1.29 is 0 Å². The third-order valence-corrected chi connectivity index (χ3v) is 5.35. The molecule has 88 valence electrons. The van der Waals surface area contributed by atoms with Crippen LogP contribution in [0, 0.1) is 29.1 Å². The van der Waals surface area contributed by atoms with Crippen molar-refractivity contribution in [3.8, 4) is 0 Å². The van der Waals surface area contributed by atoms with Gasteiger partial charge in [0.25, 0.3) is 0 Å². The molecule has 5 unspecified atom stereocenters. The highest BCUT2D eigenvalue weighted by Crippen LogP contribution is 2.68. The summed E-state index contributed by atoms with van der Waals surface area (Å²) >= 11 is 0. The fourth-order valence-corrected chi connectivity index (χ4v) is 4.29. The molecule has 2 nitrogen and oxygen atoms in total. The van der Waals surface area contributed by atoms with Gasteiger partial charge in [0.1, 0.15) is 0 Å². The van der Waals surface area contributed by atoms with Crippen LogP contribution < -0.4 is 11.5 Å². The van der Waals surface area contributed by atoms with Crippen molar-refractivity contribution in [3.63, 3.8) is 0 Å². The molecule has 0 spiro atoms. The summed E-state index contributed by atoms with van der Waals surface area (Å²) in [6, 6.07) is 0. The summed E-state index contributed by atoms with van der Waals surface area (Å²) in [5.41, 5.74) is 12.3. The molecule has 2 fully saturated rings. The Hall–Kier alpha value is -0.0800. The molecule has 2 aliphatic carbocycles. The Labute approximate surface area is 93.8 Å². The molecule has 0 aromatic carbocycles. The summed E-state index contributed by atoms with van der Waals surface area (Å²) < 4.78 is 0. The second kappa shape index (κ2) is 3.74. The molecule has 2 aliphatic rings. The van der Waals surface area contributed by atoms with E-state index in [1.807, 2.05) is 0 Å². The summed E-state index contributed by atoms with van der Waals surface area (Å²) in [6.45, 7) is 7.21. The molecule has 0 aromatic rings. The number of rotatable bonds is 1. The van der Waals surface area contributed by atoms with Gasteiger partial charge in [0.05, 0.1) is 6.17 Å². The Bertz CT molecular complexity index is 239. The van der Waals surface area contributed by atoms with Crippen LogP contribution >= 0.6 is 0 Å². The standard InChI is InChI=1S/C13H26N2/c1-8-6-4-5-7-9(2)13(3)10(8)11(13)12(14)15/h8-12H,4-7,14-15H2,1-3H3. The maximum Gasteiger partial charge on any atom is 0.0558 e. The van der Waals surface area contributed by atoms with Gasteiger partial charge >= 0.3 is 0 Å². The summed E-state index contributed by atoms with van der Waals surface area (Å²) in [7, 11) is 0. The molecule has 0 bridgehead atoms. The van der Waals surface area contributed by atoms with Gasteiger partial charge in [-0.2, -0.15) is 0 Å². The first-order valence-electron chi connectivity index (χ1n) is 6.50. The summed E-state index contributed by atoms with van der Waals surface area (Å²) in [6.07, 6.45) is 5.41. The van der Waals surface area contributed by atoms with Crippen LogP contribution in [-0.2, 0) is 0 Å². The molecule has 0 radical (unpaired) electrons. The molecule has 4 N–H and O–H groups in total. The molecule has 0 aliphatic heterocycles. The normalized spacial score (nSPS) is 50.8. The van der Waals surface area contributed by atoms with E-state index in [1.54, 1.807) is 0 Å². The van der Waals surface area contributed by atoms with Crippen LogP contribution in [0.4, 0.5) is 0 Å². The average Bonchev–Trinajstić information content (AvgIpc) is 2.79. The van der Waals surface area contributed by atoms with Crippen molar-refractivity contribution in [1.29, 1.82) is 0 Å². The van der Waals surface area contributed by atoms with Crippen LogP contribution in [0.25, 0.3) is 0 Å². The van der Waals surface area contributed by atoms with Gasteiger partial charge in [-0.15, -0.1) is 0 Å². The second-order valence-corrected chi connectivity index (χ2v) is 6.16. The van der Waals surface area contributed by atoms with E-state index >= 15 is 0 Å². The molecular weight excluding hydrogens is 184 g/mol. The third kappa shape index (κ3) is 1.62. The van der Waals surface area contributed by atoms with Crippen molar-refractivity contribution in [2.45, 2.75) is 52.6 Å². The lowest BCUT2D eigenvalue weighted by molar-refractivity contribution is 0.235. The van der Waals surface area contributed by atoms with E-state index in [1.165, 1.54) is 25.7 Å². The van der Waals surface area contributed by atoms with Gasteiger partial charge in [0.2, 0.25) is 0 Å². The van der Waals surface area contributed by atoms with Gasteiger partial charge in [-0.25, -0.2) is 0 Å². The van der Waals surface area contributed by atoms with Crippen LogP contribution in [0.15, 0.2) is 0 Å². The van der Waals surface area contributed by atoms with Crippen molar-refractivity contribution in [3.05, 3.63) is 0 Å².